The van der Waals surface area contributed by atoms with Crippen molar-refractivity contribution in [1.82, 2.24) is 9.03 Å². The molecule has 4 nitrogen and oxygen atoms in total. The van der Waals surface area contributed by atoms with Crippen LogP contribution in [0.3, 0.4) is 0 Å². The molecule has 1 unspecified atom stereocenters. The third-order valence-electron chi connectivity index (χ3n) is 3.18. The summed E-state index contributed by atoms with van der Waals surface area (Å²) in [7, 11) is -3.36. The Bertz CT molecular complexity index is 311. The molecular weight excluding hydrogens is 260 g/mol. The molecule has 1 atom stereocenters. The lowest BCUT2D eigenvalue weighted by Crippen LogP contribution is -2.48. The summed E-state index contributed by atoms with van der Waals surface area (Å²) in [6.07, 6.45) is 4.15. The van der Waals surface area contributed by atoms with Gasteiger partial charge in [0.1, 0.15) is 0 Å². The summed E-state index contributed by atoms with van der Waals surface area (Å²) in [5.74, 6) is 0.513. The topological polar surface area (TPSA) is 49.4 Å². The first-order valence-electron chi connectivity index (χ1n) is 6.30. The van der Waals surface area contributed by atoms with Crippen LogP contribution < -0.4 is 4.72 Å². The monoisotopic (exact) mass is 282 g/mol. The van der Waals surface area contributed by atoms with E-state index in [1.54, 1.807) is 4.31 Å². The van der Waals surface area contributed by atoms with Crippen LogP contribution in [0.1, 0.15) is 39.5 Å². The van der Waals surface area contributed by atoms with Gasteiger partial charge in [0, 0.05) is 25.0 Å². The van der Waals surface area contributed by atoms with E-state index in [0.29, 0.717) is 19.0 Å². The average Bonchev–Trinajstić information content (AvgIpc) is 2.54. The predicted molar refractivity (Wildman–Crippen MR) is 71.4 cm³/mol. The van der Waals surface area contributed by atoms with Crippen LogP contribution in [0.2, 0.25) is 0 Å². The van der Waals surface area contributed by atoms with E-state index in [1.165, 1.54) is 0 Å². The van der Waals surface area contributed by atoms with Gasteiger partial charge in [0.15, 0.2) is 0 Å². The number of hydrogen-bond acceptors (Lipinski definition) is 2. The third kappa shape index (κ3) is 4.73. The zero-order valence-corrected chi connectivity index (χ0v) is 12.2. The molecule has 1 saturated heterocycles. The number of alkyl halides is 1. The minimum Gasteiger partial charge on any atom is -0.198 e. The van der Waals surface area contributed by atoms with Crippen LogP contribution >= 0.6 is 11.6 Å². The van der Waals surface area contributed by atoms with Crippen LogP contribution in [0, 0.1) is 5.92 Å². The number of hydrogen-bond donors (Lipinski definition) is 1. The van der Waals surface area contributed by atoms with Crippen LogP contribution in [0.15, 0.2) is 0 Å². The molecule has 1 rings (SSSR count). The molecular formula is C11H23ClN2O2S. The number of rotatable bonds is 5. The van der Waals surface area contributed by atoms with E-state index < -0.39 is 10.2 Å². The second-order valence-corrected chi connectivity index (χ2v) is 6.95. The summed E-state index contributed by atoms with van der Waals surface area (Å²) in [5, 5.41) is 0. The van der Waals surface area contributed by atoms with Gasteiger partial charge in [-0.25, -0.2) is 0 Å². The summed E-state index contributed by atoms with van der Waals surface area (Å²) < 4.78 is 28.6. The highest BCUT2D eigenvalue weighted by atomic mass is 35.5. The van der Waals surface area contributed by atoms with Gasteiger partial charge in [0.2, 0.25) is 0 Å². The maximum atomic E-state index is 12.2. The highest BCUT2D eigenvalue weighted by Gasteiger charge is 2.26. The van der Waals surface area contributed by atoms with Crippen molar-refractivity contribution in [3.63, 3.8) is 0 Å². The van der Waals surface area contributed by atoms with E-state index in [2.05, 4.69) is 4.72 Å². The molecule has 0 aromatic carbocycles. The molecule has 102 valence electrons. The second kappa shape index (κ2) is 6.92. The molecule has 0 spiro atoms. The Balaban J connectivity index is 2.65. The molecule has 0 radical (unpaired) electrons. The van der Waals surface area contributed by atoms with Crippen molar-refractivity contribution in [1.29, 1.82) is 0 Å². The van der Waals surface area contributed by atoms with Gasteiger partial charge >= 0.3 is 0 Å². The number of halogens is 1. The van der Waals surface area contributed by atoms with E-state index >= 15 is 0 Å². The Morgan fingerprint density at radius 2 is 1.71 bits per heavy atom. The first-order valence-corrected chi connectivity index (χ1v) is 8.28. The molecule has 17 heavy (non-hydrogen) atoms. The molecule has 1 fully saturated rings. The lowest BCUT2D eigenvalue weighted by molar-refractivity contribution is 0.396. The van der Waals surface area contributed by atoms with Gasteiger partial charge in [-0.2, -0.15) is 17.4 Å². The van der Waals surface area contributed by atoms with Gasteiger partial charge in [-0.3, -0.25) is 0 Å². The van der Waals surface area contributed by atoms with Gasteiger partial charge in [-0.1, -0.05) is 26.7 Å². The zero-order chi connectivity index (χ0) is 12.9. The SMILES string of the molecule is CC(C)C(CCl)NS(=O)(=O)N1CCCCCC1. The fourth-order valence-electron chi connectivity index (χ4n) is 1.89. The van der Waals surface area contributed by atoms with Crippen molar-refractivity contribution in [2.45, 2.75) is 45.6 Å². The van der Waals surface area contributed by atoms with Crippen molar-refractivity contribution in [3.8, 4) is 0 Å². The lowest BCUT2D eigenvalue weighted by atomic mass is 10.1. The van der Waals surface area contributed by atoms with Gasteiger partial charge in [0.25, 0.3) is 10.2 Å². The van der Waals surface area contributed by atoms with Crippen molar-refractivity contribution >= 4 is 21.8 Å². The molecule has 0 aromatic rings. The molecule has 0 aromatic heterocycles. The Morgan fingerprint density at radius 3 is 2.12 bits per heavy atom. The van der Waals surface area contributed by atoms with Gasteiger partial charge in [-0.15, -0.1) is 11.6 Å². The van der Waals surface area contributed by atoms with E-state index in [-0.39, 0.29) is 12.0 Å². The second-order valence-electron chi connectivity index (χ2n) is 4.94. The predicted octanol–water partition coefficient (Wildman–Crippen LogP) is 1.96. The fraction of sp³-hybridized carbons (Fsp3) is 1.00. The lowest BCUT2D eigenvalue weighted by Gasteiger charge is -2.25. The van der Waals surface area contributed by atoms with Crippen LogP contribution in [0.5, 0.6) is 0 Å². The van der Waals surface area contributed by atoms with E-state index in [0.717, 1.165) is 25.7 Å². The minimum atomic E-state index is -3.36. The molecule has 1 heterocycles. The largest absolute Gasteiger partial charge is 0.279 e. The summed E-state index contributed by atoms with van der Waals surface area (Å²) in [6, 6.07) is -0.190. The van der Waals surface area contributed by atoms with Gasteiger partial charge in [0.05, 0.1) is 0 Å². The number of nitrogens with zero attached hydrogens (tertiary/aromatic N) is 1. The minimum absolute atomic E-state index is 0.190. The van der Waals surface area contributed by atoms with E-state index in [1.807, 2.05) is 13.8 Å². The van der Waals surface area contributed by atoms with Crippen LogP contribution in [0.25, 0.3) is 0 Å². The van der Waals surface area contributed by atoms with E-state index in [9.17, 15) is 8.42 Å². The average molecular weight is 283 g/mol. The highest BCUT2D eigenvalue weighted by Crippen LogP contribution is 2.14. The molecule has 6 heteroatoms. The summed E-state index contributed by atoms with van der Waals surface area (Å²) in [4.78, 5) is 0. The molecule has 0 bridgehead atoms. The standard InChI is InChI=1S/C11H23ClN2O2S/c1-10(2)11(9-12)13-17(15,16)14-7-5-3-4-6-8-14/h10-11,13H,3-9H2,1-2H3. The molecule has 1 aliphatic heterocycles. The van der Waals surface area contributed by atoms with Gasteiger partial charge in [-0.05, 0) is 18.8 Å². The number of nitrogens with one attached hydrogen (secondary N) is 1. The summed E-state index contributed by atoms with van der Waals surface area (Å²) in [6.45, 7) is 5.20. The maximum Gasteiger partial charge on any atom is 0.279 e. The van der Waals surface area contributed by atoms with Crippen molar-refractivity contribution < 1.29 is 8.42 Å². The Labute approximate surface area is 110 Å². The van der Waals surface area contributed by atoms with Crippen LogP contribution in [0.4, 0.5) is 0 Å². The molecule has 0 aliphatic carbocycles. The van der Waals surface area contributed by atoms with Crippen molar-refractivity contribution in [2.75, 3.05) is 19.0 Å². The quantitative estimate of drug-likeness (QED) is 0.784. The fourth-order valence-corrected chi connectivity index (χ4v) is 4.04. The third-order valence-corrected chi connectivity index (χ3v) is 5.15. The molecule has 0 amide bonds. The zero-order valence-electron chi connectivity index (χ0n) is 10.7. The van der Waals surface area contributed by atoms with Crippen molar-refractivity contribution in [2.24, 2.45) is 5.92 Å². The molecule has 1 N–H and O–H groups in total. The molecule has 1 aliphatic rings. The van der Waals surface area contributed by atoms with Crippen molar-refractivity contribution in [3.05, 3.63) is 0 Å². The highest BCUT2D eigenvalue weighted by molar-refractivity contribution is 7.87. The Morgan fingerprint density at radius 1 is 1.18 bits per heavy atom. The first kappa shape index (κ1) is 15.2. The Hall–Kier alpha value is 0.160. The normalized spacial score (nSPS) is 21.4. The Kier molecular flexibility index (Phi) is 6.20. The van der Waals surface area contributed by atoms with E-state index in [4.69, 9.17) is 11.6 Å². The smallest absolute Gasteiger partial charge is 0.198 e. The summed E-state index contributed by atoms with van der Waals surface area (Å²) >= 11 is 5.79. The molecule has 0 saturated carbocycles. The van der Waals surface area contributed by atoms with Gasteiger partial charge < -0.3 is 0 Å². The van der Waals surface area contributed by atoms with Crippen LogP contribution in [-0.4, -0.2) is 37.7 Å². The maximum absolute atomic E-state index is 12.2. The van der Waals surface area contributed by atoms with Crippen LogP contribution in [-0.2, 0) is 10.2 Å². The first-order chi connectivity index (χ1) is 7.97. The summed E-state index contributed by atoms with van der Waals surface area (Å²) in [5.41, 5.74) is 0.